The van der Waals surface area contributed by atoms with Crippen LogP contribution in [0.4, 0.5) is 65.9 Å². The van der Waals surface area contributed by atoms with Crippen molar-refractivity contribution in [2.75, 3.05) is 0 Å². The van der Waals surface area contributed by atoms with Crippen molar-refractivity contribution < 1.29 is 70.7 Å². The summed E-state index contributed by atoms with van der Waals surface area (Å²) in [6, 6.07) is 0. The van der Waals surface area contributed by atoms with Gasteiger partial charge in [0.05, 0.1) is 0 Å². The molecule has 0 saturated heterocycles. The normalized spacial score (nSPS) is 15.8. The highest BCUT2D eigenvalue weighted by Gasteiger charge is 2.91. The van der Waals surface area contributed by atoms with Crippen molar-refractivity contribution in [3.8, 4) is 0 Å². The highest BCUT2D eigenvalue weighted by Crippen LogP contribution is 2.60. The number of hydrogen-bond acceptors (Lipinski definition) is 1. The summed E-state index contributed by atoms with van der Waals surface area (Å²) in [5.74, 6) is -44.3. The third-order valence-electron chi connectivity index (χ3n) is 2.44. The van der Waals surface area contributed by atoms with Gasteiger partial charge in [0.15, 0.2) is 0 Å². The van der Waals surface area contributed by atoms with Crippen molar-refractivity contribution in [1.29, 1.82) is 0 Å². The molecule has 0 fully saturated rings. The highest BCUT2D eigenvalue weighted by molar-refractivity contribution is 5.89. The molecule has 24 heavy (non-hydrogen) atoms. The van der Waals surface area contributed by atoms with E-state index in [4.69, 9.17) is 0 Å². The van der Waals surface area contributed by atoms with Crippen LogP contribution in [0, 0.1) is 0 Å². The van der Waals surface area contributed by atoms with Crippen molar-refractivity contribution in [3.05, 3.63) is 0 Å². The number of carbonyl (C=O) groups excluding carboxylic acids is 1. The van der Waals surface area contributed by atoms with E-state index in [1.54, 1.807) is 0 Å². The Morgan fingerprint density at radius 3 is 1.08 bits per heavy atom. The summed E-state index contributed by atoms with van der Waals surface area (Å²) < 4.78 is 184. The van der Waals surface area contributed by atoms with Gasteiger partial charge in [0.25, 0.3) is 5.78 Å². The minimum atomic E-state index is -8.26. The van der Waals surface area contributed by atoms with Crippen LogP contribution in [-0.2, 0) is 4.79 Å². The van der Waals surface area contributed by atoms with Crippen molar-refractivity contribution in [2.45, 2.75) is 42.2 Å². The molecule has 0 aliphatic rings. The third kappa shape index (κ3) is 2.76. The van der Waals surface area contributed by atoms with E-state index in [-0.39, 0.29) is 0 Å². The van der Waals surface area contributed by atoms with Gasteiger partial charge in [0, 0.05) is 0 Å². The van der Waals surface area contributed by atoms with Gasteiger partial charge in [-0.25, -0.2) is 8.78 Å². The Morgan fingerprint density at radius 2 is 0.833 bits per heavy atom. The monoisotopic (exact) mass is 398 g/mol. The van der Waals surface area contributed by atoms with Gasteiger partial charge in [-0.1, -0.05) is 0 Å². The molecule has 16 heteroatoms. The Hall–Kier alpha value is -1.38. The molecular weight excluding hydrogens is 397 g/mol. The number of ketones is 1. The predicted octanol–water partition coefficient (Wildman–Crippen LogP) is 4.56. The molecule has 1 nitrogen and oxygen atoms in total. The van der Waals surface area contributed by atoms with Crippen molar-refractivity contribution >= 4 is 5.78 Å². The minimum absolute atomic E-state index is 4.39. The van der Waals surface area contributed by atoms with Gasteiger partial charge in [-0.05, 0) is 0 Å². The second-order valence-corrected chi connectivity index (χ2v) is 4.03. The molecule has 0 radical (unpaired) electrons. The lowest BCUT2D eigenvalue weighted by atomic mass is 9.92. The maximum atomic E-state index is 12.8. The molecule has 0 bridgehead atoms. The third-order valence-corrected chi connectivity index (χ3v) is 2.44. The maximum Gasteiger partial charge on any atom is 0.460 e. The fourth-order valence-corrected chi connectivity index (χ4v) is 1.06. The van der Waals surface area contributed by atoms with Crippen LogP contribution in [0.3, 0.4) is 0 Å². The van der Waals surface area contributed by atoms with Crippen molar-refractivity contribution in [2.24, 2.45) is 0 Å². The molecule has 0 amide bonds. The number of rotatable bonds is 6. The Bertz CT molecular complexity index is 486. The Labute approximate surface area is 120 Å². The van der Waals surface area contributed by atoms with Crippen LogP contribution in [0.5, 0.6) is 0 Å². The number of halogens is 15. The van der Waals surface area contributed by atoms with Gasteiger partial charge in [0.2, 0.25) is 0 Å². The molecule has 0 aliphatic carbocycles. The summed E-state index contributed by atoms with van der Waals surface area (Å²) in [7, 11) is 0. The van der Waals surface area contributed by atoms with E-state index in [0.717, 1.165) is 0 Å². The van der Waals surface area contributed by atoms with Gasteiger partial charge in [-0.15, -0.1) is 0 Å². The summed E-state index contributed by atoms with van der Waals surface area (Å²) in [6.45, 7) is 0. The van der Waals surface area contributed by atoms with Crippen LogP contribution in [0.2, 0.25) is 0 Å². The molecule has 0 atom stereocenters. The predicted molar refractivity (Wildman–Crippen MR) is 41.8 cm³/mol. The molecule has 0 aromatic carbocycles. The molecule has 0 unspecified atom stereocenters. The first kappa shape index (κ1) is 22.6. The summed E-state index contributed by atoms with van der Waals surface area (Å²) in [4.78, 5) is 10.1. The van der Waals surface area contributed by atoms with Gasteiger partial charge in [-0.3, -0.25) is 4.79 Å². The molecule has 0 saturated carbocycles. The van der Waals surface area contributed by atoms with Gasteiger partial charge in [0.1, 0.15) is 0 Å². The standard InChI is InChI=1S/C8HF15O/c9-2(10)1(24)3(11,12)4(13,14)5(15,16)6(17,18)7(19,20)8(21,22)23/h2H. The van der Waals surface area contributed by atoms with Crippen LogP contribution in [0.1, 0.15) is 0 Å². The van der Waals surface area contributed by atoms with E-state index < -0.39 is 48.0 Å². The van der Waals surface area contributed by atoms with Gasteiger partial charge < -0.3 is 0 Å². The summed E-state index contributed by atoms with van der Waals surface area (Å²) in [5.41, 5.74) is 0. The van der Waals surface area contributed by atoms with E-state index >= 15 is 0 Å². The fourth-order valence-electron chi connectivity index (χ4n) is 1.06. The van der Waals surface area contributed by atoms with Crippen LogP contribution in [-0.4, -0.2) is 48.0 Å². The number of alkyl halides is 15. The van der Waals surface area contributed by atoms with Crippen LogP contribution >= 0.6 is 0 Å². The molecule has 0 spiro atoms. The molecule has 0 rings (SSSR count). The van der Waals surface area contributed by atoms with E-state index in [1.165, 1.54) is 0 Å². The minimum Gasteiger partial charge on any atom is -0.286 e. The first-order valence-corrected chi connectivity index (χ1v) is 4.89. The van der Waals surface area contributed by atoms with Crippen LogP contribution < -0.4 is 0 Å². The maximum absolute atomic E-state index is 12.8. The molecule has 0 heterocycles. The first-order valence-electron chi connectivity index (χ1n) is 4.89. The smallest absolute Gasteiger partial charge is 0.286 e. The first-order chi connectivity index (χ1) is 10.1. The number of Topliss-reactive ketones (excluding diaryl/α,β-unsaturated/α-hetero) is 1. The van der Waals surface area contributed by atoms with E-state index in [9.17, 15) is 70.7 Å². The Balaban J connectivity index is 6.36. The van der Waals surface area contributed by atoms with Gasteiger partial charge >= 0.3 is 42.2 Å². The van der Waals surface area contributed by atoms with Crippen molar-refractivity contribution in [1.82, 2.24) is 0 Å². The average molecular weight is 398 g/mol. The summed E-state index contributed by atoms with van der Waals surface area (Å²) >= 11 is 0. The topological polar surface area (TPSA) is 17.1 Å². The largest absolute Gasteiger partial charge is 0.460 e. The van der Waals surface area contributed by atoms with E-state index in [2.05, 4.69) is 0 Å². The molecule has 0 N–H and O–H groups in total. The average Bonchev–Trinajstić information content (AvgIpc) is 2.35. The number of hydrogen-bond donors (Lipinski definition) is 0. The molecular formula is C8HF15O. The Morgan fingerprint density at radius 1 is 0.542 bits per heavy atom. The zero-order valence-corrected chi connectivity index (χ0v) is 10.2. The summed E-state index contributed by atoms with van der Waals surface area (Å²) in [5, 5.41) is 0. The fraction of sp³-hybridized carbons (Fsp3) is 0.875. The van der Waals surface area contributed by atoms with E-state index in [0.29, 0.717) is 0 Å². The van der Waals surface area contributed by atoms with Crippen LogP contribution in [0.15, 0.2) is 0 Å². The molecule has 0 aliphatic heterocycles. The van der Waals surface area contributed by atoms with Gasteiger partial charge in [-0.2, -0.15) is 57.1 Å². The molecule has 0 aromatic heterocycles. The summed E-state index contributed by atoms with van der Waals surface area (Å²) in [6.07, 6.45) is -12.8. The molecule has 144 valence electrons. The second-order valence-electron chi connectivity index (χ2n) is 4.03. The zero-order valence-electron chi connectivity index (χ0n) is 10.2. The van der Waals surface area contributed by atoms with E-state index in [1.807, 2.05) is 0 Å². The Kier molecular flexibility index (Phi) is 5.25. The second kappa shape index (κ2) is 5.57. The molecule has 0 aromatic rings. The van der Waals surface area contributed by atoms with Crippen LogP contribution in [0.25, 0.3) is 0 Å². The zero-order chi connectivity index (χ0) is 20.2. The quantitative estimate of drug-likeness (QED) is 0.600. The lowest BCUT2D eigenvalue weighted by Crippen LogP contribution is -2.71. The highest BCUT2D eigenvalue weighted by atomic mass is 19.4. The van der Waals surface area contributed by atoms with Crippen molar-refractivity contribution in [3.63, 3.8) is 0 Å². The number of carbonyl (C=O) groups is 1. The lowest BCUT2D eigenvalue weighted by Gasteiger charge is -2.39. The lowest BCUT2D eigenvalue weighted by molar-refractivity contribution is -0.436. The SMILES string of the molecule is O=C(C(F)F)C(F)(F)C(F)(F)C(F)(F)C(F)(F)C(F)(F)C(F)(F)F.